The molecule has 1 aromatic carbocycles. The molecule has 0 fully saturated rings. The molecular weight excluding hydrogens is 332 g/mol. The van der Waals surface area contributed by atoms with Crippen LogP contribution in [-0.2, 0) is 17.9 Å². The van der Waals surface area contributed by atoms with E-state index < -0.39 is 0 Å². The molecule has 7 nitrogen and oxygen atoms in total. The standard InChI is InChI=1S/C19H18N4O3/c1-26-17-5-3-2-4-15(17)16-10-19(25)23(13-22-16)12-18(24)21-11-14-6-8-20-9-7-14/h2-10,13H,11-12H2,1H3,(H,21,24). The zero-order valence-electron chi connectivity index (χ0n) is 14.3. The Kier molecular flexibility index (Phi) is 5.38. The summed E-state index contributed by atoms with van der Waals surface area (Å²) in [6.45, 7) is 0.284. The average Bonchev–Trinajstić information content (AvgIpc) is 2.68. The number of para-hydroxylation sites is 1. The van der Waals surface area contributed by atoms with Gasteiger partial charge in [0.1, 0.15) is 12.3 Å². The number of rotatable bonds is 6. The molecule has 0 saturated heterocycles. The number of methoxy groups -OCH3 is 1. The molecule has 0 bridgehead atoms. The fourth-order valence-electron chi connectivity index (χ4n) is 2.46. The maximum atomic E-state index is 12.3. The smallest absolute Gasteiger partial charge is 0.254 e. The second-order valence-corrected chi connectivity index (χ2v) is 5.57. The Hall–Kier alpha value is -3.48. The van der Waals surface area contributed by atoms with Crippen molar-refractivity contribution in [3.63, 3.8) is 0 Å². The van der Waals surface area contributed by atoms with Gasteiger partial charge in [-0.2, -0.15) is 0 Å². The SMILES string of the molecule is COc1ccccc1-c1cc(=O)n(CC(=O)NCc2ccncc2)cn1. The van der Waals surface area contributed by atoms with Crippen molar-refractivity contribution >= 4 is 5.91 Å². The van der Waals surface area contributed by atoms with Crippen LogP contribution in [0.1, 0.15) is 5.56 Å². The number of aromatic nitrogens is 3. The summed E-state index contributed by atoms with van der Waals surface area (Å²) >= 11 is 0. The number of carbonyl (C=O) groups excluding carboxylic acids is 1. The number of ether oxygens (including phenoxy) is 1. The third-order valence-electron chi connectivity index (χ3n) is 3.82. The first-order valence-electron chi connectivity index (χ1n) is 8.03. The molecule has 0 atom stereocenters. The van der Waals surface area contributed by atoms with Crippen LogP contribution in [0.2, 0.25) is 0 Å². The van der Waals surface area contributed by atoms with Crippen molar-refractivity contribution in [2.75, 3.05) is 7.11 Å². The lowest BCUT2D eigenvalue weighted by atomic mass is 10.1. The Labute approximate surface area is 150 Å². The van der Waals surface area contributed by atoms with Crippen molar-refractivity contribution in [1.82, 2.24) is 19.9 Å². The molecule has 1 N–H and O–H groups in total. The summed E-state index contributed by atoms with van der Waals surface area (Å²) in [7, 11) is 1.56. The monoisotopic (exact) mass is 350 g/mol. The number of hydrogen-bond donors (Lipinski definition) is 1. The van der Waals surface area contributed by atoms with E-state index in [2.05, 4.69) is 15.3 Å². The second kappa shape index (κ2) is 8.06. The Balaban J connectivity index is 1.70. The minimum atomic E-state index is -0.306. The quantitative estimate of drug-likeness (QED) is 0.730. The van der Waals surface area contributed by atoms with Crippen LogP contribution in [0.15, 0.2) is 66.0 Å². The molecule has 26 heavy (non-hydrogen) atoms. The molecule has 132 valence electrons. The summed E-state index contributed by atoms with van der Waals surface area (Å²) in [6.07, 6.45) is 4.69. The largest absolute Gasteiger partial charge is 0.496 e. The molecule has 0 saturated carbocycles. The third kappa shape index (κ3) is 4.13. The van der Waals surface area contributed by atoms with E-state index in [4.69, 9.17) is 4.74 Å². The van der Waals surface area contributed by atoms with Crippen LogP contribution in [0.4, 0.5) is 0 Å². The summed E-state index contributed by atoms with van der Waals surface area (Å²) in [4.78, 5) is 32.6. The molecule has 0 spiro atoms. The van der Waals surface area contributed by atoms with E-state index in [9.17, 15) is 9.59 Å². The minimum absolute atomic E-state index is 0.0941. The number of nitrogens with one attached hydrogen (secondary N) is 1. The van der Waals surface area contributed by atoms with Crippen LogP contribution in [0.3, 0.4) is 0 Å². The van der Waals surface area contributed by atoms with Crippen LogP contribution in [0.5, 0.6) is 5.75 Å². The first-order chi connectivity index (χ1) is 12.7. The summed E-state index contributed by atoms with van der Waals surface area (Å²) in [5.74, 6) is 0.364. The Morgan fingerprint density at radius 2 is 1.96 bits per heavy atom. The van der Waals surface area contributed by atoms with E-state index in [0.717, 1.165) is 11.1 Å². The van der Waals surface area contributed by atoms with Gasteiger partial charge < -0.3 is 10.1 Å². The second-order valence-electron chi connectivity index (χ2n) is 5.57. The number of pyridine rings is 1. The van der Waals surface area contributed by atoms with Gasteiger partial charge in [-0.05, 0) is 29.8 Å². The highest BCUT2D eigenvalue weighted by molar-refractivity contribution is 5.75. The molecule has 0 radical (unpaired) electrons. The van der Waals surface area contributed by atoms with Gasteiger partial charge in [0.2, 0.25) is 5.91 Å². The van der Waals surface area contributed by atoms with E-state index in [-0.39, 0.29) is 18.0 Å². The maximum Gasteiger partial charge on any atom is 0.254 e. The summed E-state index contributed by atoms with van der Waals surface area (Å²) in [5, 5.41) is 2.76. The molecule has 3 rings (SSSR count). The summed E-state index contributed by atoms with van der Waals surface area (Å²) in [6, 6.07) is 12.3. The number of carbonyl (C=O) groups is 1. The average molecular weight is 350 g/mol. The van der Waals surface area contributed by atoms with Crippen molar-refractivity contribution in [2.24, 2.45) is 0 Å². The van der Waals surface area contributed by atoms with Crippen LogP contribution in [-0.4, -0.2) is 27.6 Å². The van der Waals surface area contributed by atoms with Crippen LogP contribution >= 0.6 is 0 Å². The molecule has 2 aromatic heterocycles. The van der Waals surface area contributed by atoms with Gasteiger partial charge in [0, 0.05) is 30.6 Å². The van der Waals surface area contributed by atoms with Gasteiger partial charge in [0.15, 0.2) is 0 Å². The van der Waals surface area contributed by atoms with Crippen molar-refractivity contribution in [3.8, 4) is 17.0 Å². The van der Waals surface area contributed by atoms with Gasteiger partial charge in [0.05, 0.1) is 19.1 Å². The number of amides is 1. The summed E-state index contributed by atoms with van der Waals surface area (Å²) in [5.41, 5.74) is 1.85. The zero-order valence-corrected chi connectivity index (χ0v) is 14.3. The zero-order chi connectivity index (χ0) is 18.4. The maximum absolute atomic E-state index is 12.3. The fourth-order valence-corrected chi connectivity index (χ4v) is 2.46. The molecule has 3 aromatic rings. The highest BCUT2D eigenvalue weighted by Gasteiger charge is 2.10. The van der Waals surface area contributed by atoms with Crippen molar-refractivity contribution in [2.45, 2.75) is 13.1 Å². The van der Waals surface area contributed by atoms with Crippen LogP contribution in [0, 0.1) is 0 Å². The molecule has 2 heterocycles. The highest BCUT2D eigenvalue weighted by atomic mass is 16.5. The van der Waals surface area contributed by atoms with Gasteiger partial charge in [-0.3, -0.25) is 19.1 Å². The van der Waals surface area contributed by atoms with Crippen molar-refractivity contribution in [3.05, 3.63) is 77.1 Å². The Morgan fingerprint density at radius 1 is 1.19 bits per heavy atom. The molecule has 0 unspecified atom stereocenters. The molecule has 0 aliphatic heterocycles. The lowest BCUT2D eigenvalue weighted by Crippen LogP contribution is -2.31. The van der Waals surface area contributed by atoms with E-state index in [0.29, 0.717) is 18.0 Å². The van der Waals surface area contributed by atoms with Crippen molar-refractivity contribution < 1.29 is 9.53 Å². The lowest BCUT2D eigenvalue weighted by molar-refractivity contribution is -0.121. The molecule has 0 aliphatic rings. The van der Waals surface area contributed by atoms with Crippen molar-refractivity contribution in [1.29, 1.82) is 0 Å². The van der Waals surface area contributed by atoms with Gasteiger partial charge in [0.25, 0.3) is 5.56 Å². The first kappa shape index (κ1) is 17.3. The normalized spacial score (nSPS) is 10.3. The molecule has 0 aliphatic carbocycles. The highest BCUT2D eigenvalue weighted by Crippen LogP contribution is 2.26. The Morgan fingerprint density at radius 3 is 2.69 bits per heavy atom. The fraction of sp³-hybridized carbons (Fsp3) is 0.158. The molecule has 1 amide bonds. The minimum Gasteiger partial charge on any atom is -0.496 e. The number of hydrogen-bond acceptors (Lipinski definition) is 5. The van der Waals surface area contributed by atoms with Gasteiger partial charge >= 0.3 is 0 Å². The summed E-state index contributed by atoms with van der Waals surface area (Å²) < 4.78 is 6.56. The first-order valence-corrected chi connectivity index (χ1v) is 8.03. The van der Waals surface area contributed by atoms with E-state index in [1.165, 1.54) is 17.0 Å². The third-order valence-corrected chi connectivity index (χ3v) is 3.82. The lowest BCUT2D eigenvalue weighted by Gasteiger charge is -2.10. The van der Waals surface area contributed by atoms with E-state index >= 15 is 0 Å². The number of nitrogens with zero attached hydrogens (tertiary/aromatic N) is 3. The topological polar surface area (TPSA) is 86.1 Å². The van der Waals surface area contributed by atoms with Gasteiger partial charge in [-0.15, -0.1) is 0 Å². The van der Waals surface area contributed by atoms with Gasteiger partial charge in [-0.25, -0.2) is 4.98 Å². The molecular formula is C19H18N4O3. The van der Waals surface area contributed by atoms with Crippen LogP contribution in [0.25, 0.3) is 11.3 Å². The number of benzene rings is 1. The van der Waals surface area contributed by atoms with Gasteiger partial charge in [-0.1, -0.05) is 12.1 Å². The predicted molar refractivity (Wildman–Crippen MR) is 96.6 cm³/mol. The van der Waals surface area contributed by atoms with E-state index in [1.54, 1.807) is 25.6 Å². The predicted octanol–water partition coefficient (Wildman–Crippen LogP) is 1.63. The van der Waals surface area contributed by atoms with Crippen LogP contribution < -0.4 is 15.6 Å². The molecule has 7 heteroatoms. The Bertz CT molecular complexity index is 954. The van der Waals surface area contributed by atoms with E-state index in [1.807, 2.05) is 30.3 Å².